The van der Waals surface area contributed by atoms with Crippen LogP contribution in [0, 0.1) is 10.1 Å². The smallest absolute Gasteiger partial charge is 0.311 e. The van der Waals surface area contributed by atoms with Gasteiger partial charge in [-0.3, -0.25) is 14.9 Å². The van der Waals surface area contributed by atoms with Crippen molar-refractivity contribution >= 4 is 33.7 Å². The summed E-state index contributed by atoms with van der Waals surface area (Å²) in [6.45, 7) is 0. The topological polar surface area (TPSA) is 103 Å². The van der Waals surface area contributed by atoms with Crippen molar-refractivity contribution in [2.24, 2.45) is 5.10 Å². The number of carbonyl (C=O) groups excluding carboxylic acids is 1. The van der Waals surface area contributed by atoms with Crippen LogP contribution in [-0.4, -0.2) is 31.3 Å². The highest BCUT2D eigenvalue weighted by Gasteiger charge is 2.18. The van der Waals surface area contributed by atoms with Crippen LogP contribution in [-0.2, 0) is 11.2 Å². The van der Waals surface area contributed by atoms with Crippen molar-refractivity contribution in [3.63, 3.8) is 0 Å². The molecular formula is C17H16BrN3O5. The van der Waals surface area contributed by atoms with Gasteiger partial charge >= 0.3 is 5.69 Å². The number of carbonyl (C=O) groups is 1. The van der Waals surface area contributed by atoms with E-state index in [0.717, 1.165) is 10.0 Å². The van der Waals surface area contributed by atoms with E-state index in [9.17, 15) is 14.9 Å². The molecule has 2 rings (SSSR count). The minimum Gasteiger partial charge on any atom is -0.496 e. The van der Waals surface area contributed by atoms with Gasteiger partial charge in [-0.05, 0) is 17.7 Å². The van der Waals surface area contributed by atoms with Crippen molar-refractivity contribution in [2.45, 2.75) is 6.42 Å². The third-order valence-corrected chi connectivity index (χ3v) is 3.93. The number of rotatable bonds is 7. The number of halogens is 1. The van der Waals surface area contributed by atoms with Gasteiger partial charge in [0.25, 0.3) is 0 Å². The summed E-state index contributed by atoms with van der Waals surface area (Å²) in [4.78, 5) is 22.5. The molecule has 0 heterocycles. The first-order valence-electron chi connectivity index (χ1n) is 7.41. The molecule has 0 fully saturated rings. The molecule has 0 atom stereocenters. The van der Waals surface area contributed by atoms with Gasteiger partial charge in [-0.1, -0.05) is 28.1 Å². The van der Waals surface area contributed by atoms with Gasteiger partial charge in [-0.2, -0.15) is 5.10 Å². The summed E-state index contributed by atoms with van der Waals surface area (Å²) in [7, 11) is 2.75. The molecule has 0 spiro atoms. The standard InChI is InChI=1S/C17H16BrN3O5/c1-25-15-9-16(26-2)14(21(23)24)8-12(15)10-19-20-17(22)7-11-3-5-13(18)6-4-11/h3-6,8-10H,7H2,1-2H3,(H,20,22)/b19-10+. The van der Waals surface area contributed by atoms with Crippen molar-refractivity contribution in [2.75, 3.05) is 14.2 Å². The summed E-state index contributed by atoms with van der Waals surface area (Å²) in [5, 5.41) is 15.0. The summed E-state index contributed by atoms with van der Waals surface area (Å²) >= 11 is 3.33. The highest BCUT2D eigenvalue weighted by Crippen LogP contribution is 2.33. The van der Waals surface area contributed by atoms with E-state index < -0.39 is 4.92 Å². The Morgan fingerprint density at radius 3 is 2.46 bits per heavy atom. The number of nitrogens with zero attached hydrogens (tertiary/aromatic N) is 2. The maximum atomic E-state index is 11.9. The van der Waals surface area contributed by atoms with E-state index in [-0.39, 0.29) is 23.8 Å². The van der Waals surface area contributed by atoms with E-state index in [2.05, 4.69) is 26.5 Å². The van der Waals surface area contributed by atoms with Crippen LogP contribution in [0.3, 0.4) is 0 Å². The van der Waals surface area contributed by atoms with Crippen molar-refractivity contribution in [1.29, 1.82) is 0 Å². The number of hydrogen-bond acceptors (Lipinski definition) is 6. The van der Waals surface area contributed by atoms with Gasteiger partial charge in [0.05, 0.1) is 31.8 Å². The molecule has 136 valence electrons. The monoisotopic (exact) mass is 421 g/mol. The lowest BCUT2D eigenvalue weighted by Crippen LogP contribution is -2.19. The minimum absolute atomic E-state index is 0.0725. The van der Waals surface area contributed by atoms with Gasteiger partial charge in [0.2, 0.25) is 11.7 Å². The first-order chi connectivity index (χ1) is 12.4. The number of ether oxygens (including phenoxy) is 2. The van der Waals surface area contributed by atoms with Crippen molar-refractivity contribution < 1.29 is 19.2 Å². The first-order valence-corrected chi connectivity index (χ1v) is 8.20. The zero-order chi connectivity index (χ0) is 19.1. The largest absolute Gasteiger partial charge is 0.496 e. The molecule has 26 heavy (non-hydrogen) atoms. The summed E-state index contributed by atoms with van der Waals surface area (Å²) in [6.07, 6.45) is 1.44. The molecule has 0 aromatic heterocycles. The second-order valence-electron chi connectivity index (χ2n) is 5.12. The molecule has 0 radical (unpaired) electrons. The third kappa shape index (κ3) is 5.03. The van der Waals surface area contributed by atoms with Gasteiger partial charge in [0, 0.05) is 22.2 Å². The molecule has 0 saturated carbocycles. The fourth-order valence-corrected chi connectivity index (χ4v) is 2.42. The molecule has 0 bridgehead atoms. The Morgan fingerprint density at radius 1 is 1.23 bits per heavy atom. The molecule has 0 aliphatic heterocycles. The lowest BCUT2D eigenvalue weighted by molar-refractivity contribution is -0.385. The third-order valence-electron chi connectivity index (χ3n) is 3.40. The van der Waals surface area contributed by atoms with Crippen LogP contribution in [0.25, 0.3) is 0 Å². The van der Waals surface area contributed by atoms with E-state index in [1.165, 1.54) is 32.6 Å². The normalized spacial score (nSPS) is 10.6. The lowest BCUT2D eigenvalue weighted by Gasteiger charge is -2.08. The number of nitrogens with one attached hydrogen (secondary N) is 1. The molecule has 0 unspecified atom stereocenters. The minimum atomic E-state index is -0.568. The molecular weight excluding hydrogens is 406 g/mol. The average Bonchev–Trinajstić information content (AvgIpc) is 2.63. The Balaban J connectivity index is 2.11. The Kier molecular flexibility index (Phi) is 6.67. The number of hydrogen-bond donors (Lipinski definition) is 1. The molecule has 0 aliphatic carbocycles. The van der Waals surface area contributed by atoms with Crippen LogP contribution >= 0.6 is 15.9 Å². The van der Waals surface area contributed by atoms with Gasteiger partial charge in [-0.25, -0.2) is 5.43 Å². The van der Waals surface area contributed by atoms with E-state index in [0.29, 0.717) is 11.3 Å². The van der Waals surface area contributed by atoms with Crippen molar-refractivity contribution in [1.82, 2.24) is 5.43 Å². The number of hydrazone groups is 1. The second kappa shape index (κ2) is 8.95. The Labute approximate surface area is 158 Å². The van der Waals surface area contributed by atoms with Gasteiger partial charge in [-0.15, -0.1) is 0 Å². The molecule has 2 aromatic rings. The Hall–Kier alpha value is -2.94. The van der Waals surface area contributed by atoms with E-state index in [1.54, 1.807) is 0 Å². The first kappa shape index (κ1) is 19.4. The van der Waals surface area contributed by atoms with Crippen LogP contribution in [0.15, 0.2) is 46.0 Å². The van der Waals surface area contributed by atoms with Crippen molar-refractivity contribution in [3.8, 4) is 11.5 Å². The number of methoxy groups -OCH3 is 2. The number of nitro benzene ring substituents is 1. The summed E-state index contributed by atoms with van der Waals surface area (Å²) < 4.78 is 11.1. The maximum Gasteiger partial charge on any atom is 0.311 e. The highest BCUT2D eigenvalue weighted by molar-refractivity contribution is 9.10. The fourth-order valence-electron chi connectivity index (χ4n) is 2.15. The molecule has 9 heteroatoms. The quantitative estimate of drug-likeness (QED) is 0.420. The molecule has 0 saturated heterocycles. The average molecular weight is 422 g/mol. The lowest BCUT2D eigenvalue weighted by atomic mass is 10.1. The molecule has 8 nitrogen and oxygen atoms in total. The van der Waals surface area contributed by atoms with Gasteiger partial charge in [0.15, 0.2) is 0 Å². The van der Waals surface area contributed by atoms with Gasteiger partial charge < -0.3 is 9.47 Å². The summed E-state index contributed by atoms with van der Waals surface area (Å²) in [5.74, 6) is 0.0900. The van der Waals surface area contributed by atoms with Crippen LogP contribution in [0.4, 0.5) is 5.69 Å². The van der Waals surface area contributed by atoms with E-state index in [4.69, 9.17) is 9.47 Å². The molecule has 0 aliphatic rings. The highest BCUT2D eigenvalue weighted by atomic mass is 79.9. The Bertz CT molecular complexity index is 837. The zero-order valence-electron chi connectivity index (χ0n) is 14.1. The van der Waals surface area contributed by atoms with Crippen molar-refractivity contribution in [3.05, 3.63) is 62.1 Å². The summed E-state index contributed by atoms with van der Waals surface area (Å²) in [6, 6.07) is 9.98. The fraction of sp³-hybridized carbons (Fsp3) is 0.176. The summed E-state index contributed by atoms with van der Waals surface area (Å²) in [5.41, 5.74) is 3.33. The SMILES string of the molecule is COc1cc(OC)c([N+](=O)[O-])cc1/C=N/NC(=O)Cc1ccc(Br)cc1. The van der Waals surface area contributed by atoms with Crippen LogP contribution < -0.4 is 14.9 Å². The molecule has 1 N–H and O–H groups in total. The predicted octanol–water partition coefficient (Wildman–Crippen LogP) is 3.07. The second-order valence-corrected chi connectivity index (χ2v) is 6.04. The van der Waals surface area contributed by atoms with E-state index >= 15 is 0 Å². The van der Waals surface area contributed by atoms with E-state index in [1.807, 2.05) is 24.3 Å². The zero-order valence-corrected chi connectivity index (χ0v) is 15.6. The predicted molar refractivity (Wildman–Crippen MR) is 99.8 cm³/mol. The number of amides is 1. The molecule has 2 aromatic carbocycles. The van der Waals surface area contributed by atoms with Crippen LogP contribution in [0.1, 0.15) is 11.1 Å². The van der Waals surface area contributed by atoms with Crippen LogP contribution in [0.2, 0.25) is 0 Å². The number of benzene rings is 2. The van der Waals surface area contributed by atoms with Gasteiger partial charge in [0.1, 0.15) is 5.75 Å². The molecule has 1 amide bonds. The Morgan fingerprint density at radius 2 is 1.88 bits per heavy atom. The number of nitro groups is 1. The maximum absolute atomic E-state index is 11.9. The van der Waals surface area contributed by atoms with Crippen LogP contribution in [0.5, 0.6) is 11.5 Å².